The first kappa shape index (κ1) is 19.6. The summed E-state index contributed by atoms with van der Waals surface area (Å²) in [5.41, 5.74) is 0.106. The molecular formula is C15H12ClFN2O6S. The molecule has 0 aliphatic rings. The molecule has 2 aromatic carbocycles. The topological polar surface area (TPSA) is 107 Å². The van der Waals surface area contributed by atoms with E-state index in [1.54, 1.807) is 0 Å². The van der Waals surface area contributed by atoms with Crippen molar-refractivity contribution < 1.29 is 26.8 Å². The number of nitro groups is 1. The van der Waals surface area contributed by atoms with Gasteiger partial charge in [0.15, 0.2) is 6.61 Å². The predicted molar refractivity (Wildman–Crippen MR) is 91.7 cm³/mol. The van der Waals surface area contributed by atoms with Crippen LogP contribution < -0.4 is 9.64 Å². The Kier molecular flexibility index (Phi) is 5.78. The number of hydrogen-bond acceptors (Lipinski definition) is 6. The minimum atomic E-state index is -4.82. The zero-order valence-electron chi connectivity index (χ0n) is 13.3. The summed E-state index contributed by atoms with van der Waals surface area (Å²) in [4.78, 5) is 22.8. The van der Waals surface area contributed by atoms with E-state index < -0.39 is 32.6 Å². The molecule has 0 bridgehead atoms. The molecule has 0 unspecified atom stereocenters. The number of benzene rings is 2. The number of carbonyl (C=O) groups is 1. The third-order valence-corrected chi connectivity index (χ3v) is 4.49. The first-order chi connectivity index (χ1) is 12.1. The Morgan fingerprint density at radius 2 is 1.88 bits per heavy atom. The number of rotatable bonds is 6. The fourth-order valence-corrected chi connectivity index (χ4v) is 2.62. The van der Waals surface area contributed by atoms with Crippen LogP contribution in [0.25, 0.3) is 0 Å². The standard InChI is InChI=1S/C15H12ClFN2O6S/c1-18(10-2-5-12(6-3-10)26(17,23)24)15(20)9-25-14-7-4-11(19(21)22)8-13(14)16/h2-8H,9H2,1H3. The van der Waals surface area contributed by atoms with Gasteiger partial charge in [0.1, 0.15) is 5.75 Å². The normalized spacial score (nSPS) is 11.0. The van der Waals surface area contributed by atoms with E-state index in [2.05, 4.69) is 0 Å². The molecule has 138 valence electrons. The van der Waals surface area contributed by atoms with Gasteiger partial charge in [0.05, 0.1) is 14.8 Å². The summed E-state index contributed by atoms with van der Waals surface area (Å²) in [6.45, 7) is -0.419. The number of anilines is 1. The Balaban J connectivity index is 2.04. The molecule has 0 fully saturated rings. The lowest BCUT2D eigenvalue weighted by atomic mass is 10.3. The van der Waals surface area contributed by atoms with E-state index in [-0.39, 0.29) is 16.5 Å². The van der Waals surface area contributed by atoms with Crippen molar-refractivity contribution in [2.75, 3.05) is 18.6 Å². The van der Waals surface area contributed by atoms with Gasteiger partial charge < -0.3 is 9.64 Å². The molecule has 1 amide bonds. The van der Waals surface area contributed by atoms with Crippen LogP contribution in [0.2, 0.25) is 5.02 Å². The maximum atomic E-state index is 12.9. The second kappa shape index (κ2) is 7.67. The molecule has 0 aliphatic carbocycles. The van der Waals surface area contributed by atoms with Gasteiger partial charge in [-0.25, -0.2) is 0 Å². The Morgan fingerprint density at radius 1 is 1.27 bits per heavy atom. The summed E-state index contributed by atoms with van der Waals surface area (Å²) < 4.78 is 39.7. The third-order valence-electron chi connectivity index (χ3n) is 3.36. The fourth-order valence-electron chi connectivity index (χ4n) is 1.93. The molecule has 0 spiro atoms. The van der Waals surface area contributed by atoms with Gasteiger partial charge in [-0.15, -0.1) is 3.89 Å². The van der Waals surface area contributed by atoms with Crippen LogP contribution in [-0.4, -0.2) is 32.9 Å². The van der Waals surface area contributed by atoms with Gasteiger partial charge in [0.25, 0.3) is 11.6 Å². The molecular weight excluding hydrogens is 391 g/mol. The first-order valence-electron chi connectivity index (χ1n) is 6.97. The van der Waals surface area contributed by atoms with E-state index in [0.717, 1.165) is 18.2 Å². The van der Waals surface area contributed by atoms with Gasteiger partial charge in [-0.05, 0) is 30.3 Å². The van der Waals surface area contributed by atoms with Crippen molar-refractivity contribution in [1.29, 1.82) is 0 Å². The van der Waals surface area contributed by atoms with E-state index in [4.69, 9.17) is 16.3 Å². The maximum Gasteiger partial charge on any atom is 0.332 e. The van der Waals surface area contributed by atoms with Crippen molar-refractivity contribution in [3.05, 3.63) is 57.6 Å². The van der Waals surface area contributed by atoms with Crippen LogP contribution in [0.3, 0.4) is 0 Å². The molecule has 26 heavy (non-hydrogen) atoms. The van der Waals surface area contributed by atoms with Gasteiger partial charge in [-0.2, -0.15) is 8.42 Å². The lowest BCUT2D eigenvalue weighted by Gasteiger charge is -2.18. The third kappa shape index (κ3) is 4.67. The van der Waals surface area contributed by atoms with E-state index in [1.165, 1.54) is 36.2 Å². The number of likely N-dealkylation sites (N-methyl/N-ethyl adjacent to an activating group) is 1. The Bertz CT molecular complexity index is 949. The second-order valence-electron chi connectivity index (χ2n) is 5.05. The van der Waals surface area contributed by atoms with E-state index in [9.17, 15) is 27.2 Å². The van der Waals surface area contributed by atoms with Crippen molar-refractivity contribution in [2.45, 2.75) is 4.90 Å². The highest BCUT2D eigenvalue weighted by atomic mass is 35.5. The van der Waals surface area contributed by atoms with Gasteiger partial charge in [-0.1, -0.05) is 11.6 Å². The number of ether oxygens (including phenoxy) is 1. The van der Waals surface area contributed by atoms with Crippen LogP contribution >= 0.6 is 11.6 Å². The summed E-state index contributed by atoms with van der Waals surface area (Å²) in [6, 6.07) is 8.15. The Labute approximate surface area is 153 Å². The van der Waals surface area contributed by atoms with Crippen LogP contribution in [-0.2, 0) is 15.0 Å². The summed E-state index contributed by atoms with van der Waals surface area (Å²) in [5.74, 6) is -0.409. The van der Waals surface area contributed by atoms with Crippen LogP contribution in [0.4, 0.5) is 15.3 Å². The SMILES string of the molecule is CN(C(=O)COc1ccc([N+](=O)[O-])cc1Cl)c1ccc(S(=O)(=O)F)cc1. The van der Waals surface area contributed by atoms with Crippen molar-refractivity contribution in [2.24, 2.45) is 0 Å². The summed E-state index contributed by atoms with van der Waals surface area (Å²) >= 11 is 5.87. The van der Waals surface area contributed by atoms with Crippen LogP contribution in [0.1, 0.15) is 0 Å². The summed E-state index contributed by atoms with van der Waals surface area (Å²) in [5, 5.41) is 10.6. The number of carbonyl (C=O) groups excluding carboxylic acids is 1. The smallest absolute Gasteiger partial charge is 0.332 e. The lowest BCUT2D eigenvalue weighted by molar-refractivity contribution is -0.384. The molecule has 0 atom stereocenters. The van der Waals surface area contributed by atoms with Crippen molar-refractivity contribution in [3.63, 3.8) is 0 Å². The number of hydrogen-bond donors (Lipinski definition) is 0. The second-order valence-corrected chi connectivity index (χ2v) is 6.80. The number of amides is 1. The maximum absolute atomic E-state index is 12.9. The summed E-state index contributed by atoms with van der Waals surface area (Å²) in [6.07, 6.45) is 0. The zero-order chi connectivity index (χ0) is 19.5. The largest absolute Gasteiger partial charge is 0.482 e. The Hall–Kier alpha value is -2.72. The zero-order valence-corrected chi connectivity index (χ0v) is 14.8. The van der Waals surface area contributed by atoms with Gasteiger partial charge in [-0.3, -0.25) is 14.9 Å². The first-order valence-corrected chi connectivity index (χ1v) is 8.74. The highest BCUT2D eigenvalue weighted by Gasteiger charge is 2.16. The van der Waals surface area contributed by atoms with Crippen molar-refractivity contribution in [1.82, 2.24) is 0 Å². The van der Waals surface area contributed by atoms with E-state index in [0.29, 0.717) is 5.69 Å². The highest BCUT2D eigenvalue weighted by Crippen LogP contribution is 2.28. The quantitative estimate of drug-likeness (QED) is 0.417. The summed E-state index contributed by atoms with van der Waals surface area (Å²) in [7, 11) is -3.40. The minimum absolute atomic E-state index is 0.0211. The lowest BCUT2D eigenvalue weighted by Crippen LogP contribution is -2.31. The van der Waals surface area contributed by atoms with Gasteiger partial charge in [0, 0.05) is 24.9 Å². The molecule has 0 N–H and O–H groups in total. The molecule has 2 rings (SSSR count). The molecule has 0 saturated heterocycles. The molecule has 8 nitrogen and oxygen atoms in total. The average molecular weight is 403 g/mol. The molecule has 0 radical (unpaired) electrons. The molecule has 0 aromatic heterocycles. The molecule has 2 aromatic rings. The number of non-ortho nitro benzene ring substituents is 1. The van der Waals surface area contributed by atoms with E-state index in [1.807, 2.05) is 0 Å². The number of halogens is 2. The highest BCUT2D eigenvalue weighted by molar-refractivity contribution is 7.86. The van der Waals surface area contributed by atoms with Crippen molar-refractivity contribution >= 4 is 39.1 Å². The minimum Gasteiger partial charge on any atom is -0.482 e. The van der Waals surface area contributed by atoms with E-state index >= 15 is 0 Å². The fraction of sp³-hybridized carbons (Fsp3) is 0.133. The monoisotopic (exact) mass is 402 g/mol. The Morgan fingerprint density at radius 3 is 2.38 bits per heavy atom. The predicted octanol–water partition coefficient (Wildman–Crippen LogP) is 2.95. The molecule has 0 saturated carbocycles. The van der Waals surface area contributed by atoms with Crippen molar-refractivity contribution in [3.8, 4) is 5.75 Å². The molecule has 0 aliphatic heterocycles. The molecule has 11 heteroatoms. The van der Waals surface area contributed by atoms with Crippen LogP contribution in [0.15, 0.2) is 47.4 Å². The van der Waals surface area contributed by atoms with Gasteiger partial charge >= 0.3 is 10.2 Å². The molecule has 0 heterocycles. The van der Waals surface area contributed by atoms with Crippen LogP contribution in [0, 0.1) is 10.1 Å². The number of nitro benzene ring substituents is 1. The number of nitrogens with zero attached hydrogens (tertiary/aromatic N) is 2. The average Bonchev–Trinajstić information content (AvgIpc) is 2.59. The van der Waals surface area contributed by atoms with Gasteiger partial charge in [0.2, 0.25) is 0 Å². The van der Waals surface area contributed by atoms with Crippen LogP contribution in [0.5, 0.6) is 5.75 Å².